The first kappa shape index (κ1) is 12.6. The van der Waals surface area contributed by atoms with Gasteiger partial charge >= 0.3 is 0 Å². The minimum atomic E-state index is 0.551. The van der Waals surface area contributed by atoms with Crippen molar-refractivity contribution in [1.82, 2.24) is 9.97 Å². The summed E-state index contributed by atoms with van der Waals surface area (Å²) in [5.41, 5.74) is 4.78. The predicted octanol–water partition coefficient (Wildman–Crippen LogP) is 1.22. The molecule has 2 aliphatic rings. The van der Waals surface area contributed by atoms with Crippen LogP contribution in [0.15, 0.2) is 0 Å². The summed E-state index contributed by atoms with van der Waals surface area (Å²) < 4.78 is 5.45. The van der Waals surface area contributed by atoms with Gasteiger partial charge in [0.1, 0.15) is 0 Å². The van der Waals surface area contributed by atoms with Crippen molar-refractivity contribution in [2.45, 2.75) is 38.7 Å². The van der Waals surface area contributed by atoms with Crippen LogP contribution < -0.4 is 16.2 Å². The van der Waals surface area contributed by atoms with Crippen molar-refractivity contribution >= 4 is 11.8 Å². The molecule has 3 heterocycles. The van der Waals surface area contributed by atoms with Crippen LogP contribution in [0.2, 0.25) is 0 Å². The second-order valence-electron chi connectivity index (χ2n) is 5.15. The maximum atomic E-state index is 5.59. The zero-order valence-electron chi connectivity index (χ0n) is 11.2. The number of nitrogen functional groups attached to an aromatic ring is 1. The molecule has 0 aromatic carbocycles. The maximum absolute atomic E-state index is 5.59. The van der Waals surface area contributed by atoms with Gasteiger partial charge in [-0.3, -0.25) is 0 Å². The zero-order chi connectivity index (χ0) is 13.1. The maximum Gasteiger partial charge on any atom is 0.227 e. The van der Waals surface area contributed by atoms with Gasteiger partial charge in [0.15, 0.2) is 5.82 Å². The molecule has 6 heteroatoms. The van der Waals surface area contributed by atoms with Crippen molar-refractivity contribution in [3.8, 4) is 0 Å². The Morgan fingerprint density at radius 1 is 1.11 bits per heavy atom. The number of nitrogens with two attached hydrogens (primary N) is 1. The fourth-order valence-electron chi connectivity index (χ4n) is 2.75. The molecule has 0 amide bonds. The van der Waals surface area contributed by atoms with Crippen molar-refractivity contribution in [3.05, 3.63) is 11.3 Å². The highest BCUT2D eigenvalue weighted by molar-refractivity contribution is 5.51. The van der Waals surface area contributed by atoms with E-state index in [-0.39, 0.29) is 0 Å². The molecule has 104 valence electrons. The lowest BCUT2D eigenvalue weighted by molar-refractivity contribution is 0.109. The molecule has 2 aliphatic heterocycles. The molecule has 6 nitrogen and oxygen atoms in total. The van der Waals surface area contributed by atoms with Crippen LogP contribution in [0.1, 0.15) is 36.9 Å². The van der Waals surface area contributed by atoms with Crippen LogP contribution in [0.3, 0.4) is 0 Å². The van der Waals surface area contributed by atoms with E-state index in [4.69, 9.17) is 15.6 Å². The lowest BCUT2D eigenvalue weighted by Crippen LogP contribution is -2.28. The summed E-state index contributed by atoms with van der Waals surface area (Å²) in [6.45, 7) is 3.36. The molecule has 3 N–H and O–H groups in total. The summed E-state index contributed by atoms with van der Waals surface area (Å²) in [7, 11) is 0. The van der Waals surface area contributed by atoms with E-state index in [0.29, 0.717) is 12.4 Å². The molecule has 0 aliphatic carbocycles. The Hall–Kier alpha value is -1.40. The van der Waals surface area contributed by atoms with E-state index in [2.05, 4.69) is 15.3 Å². The number of anilines is 2. The highest BCUT2D eigenvalue weighted by Gasteiger charge is 2.20. The molecule has 0 bridgehead atoms. The number of fused-ring (bicyclic) bond motifs is 1. The van der Waals surface area contributed by atoms with Gasteiger partial charge in [0.05, 0.1) is 18.9 Å². The number of ether oxygens (including phenoxy) is 1. The Bertz CT molecular complexity index is 426. The molecule has 0 saturated carbocycles. The van der Waals surface area contributed by atoms with Crippen molar-refractivity contribution < 1.29 is 4.74 Å². The third kappa shape index (κ3) is 2.64. The first-order valence-electron chi connectivity index (χ1n) is 7.07. The van der Waals surface area contributed by atoms with Gasteiger partial charge in [-0.05, 0) is 12.8 Å². The van der Waals surface area contributed by atoms with Crippen LogP contribution in [0.5, 0.6) is 0 Å². The van der Waals surface area contributed by atoms with Gasteiger partial charge in [-0.15, -0.1) is 0 Å². The molecule has 1 aromatic rings. The number of hydrogen-bond donors (Lipinski definition) is 2. The van der Waals surface area contributed by atoms with Gasteiger partial charge in [0.2, 0.25) is 5.95 Å². The molecule has 19 heavy (non-hydrogen) atoms. The lowest BCUT2D eigenvalue weighted by Gasteiger charge is -2.24. The van der Waals surface area contributed by atoms with Gasteiger partial charge in [0.25, 0.3) is 0 Å². The Kier molecular flexibility index (Phi) is 3.79. The lowest BCUT2D eigenvalue weighted by atomic mass is 10.1. The van der Waals surface area contributed by atoms with E-state index in [0.717, 1.165) is 43.3 Å². The summed E-state index contributed by atoms with van der Waals surface area (Å²) in [4.78, 5) is 11.6. The SMILES string of the molecule is NNc1nc(N2CCCCCC2)nc2c1COCC2. The average Bonchev–Trinajstić information content (AvgIpc) is 2.75. The van der Waals surface area contributed by atoms with E-state index in [1.54, 1.807) is 0 Å². The highest BCUT2D eigenvalue weighted by atomic mass is 16.5. The molecule has 1 fully saturated rings. The molecule has 1 saturated heterocycles. The molecule has 0 spiro atoms. The highest BCUT2D eigenvalue weighted by Crippen LogP contribution is 2.25. The third-order valence-electron chi connectivity index (χ3n) is 3.84. The third-order valence-corrected chi connectivity index (χ3v) is 3.84. The van der Waals surface area contributed by atoms with Gasteiger partial charge in [-0.2, -0.15) is 4.98 Å². The first-order valence-corrected chi connectivity index (χ1v) is 7.07. The van der Waals surface area contributed by atoms with E-state index in [1.165, 1.54) is 25.7 Å². The number of aromatic nitrogens is 2. The van der Waals surface area contributed by atoms with Crippen LogP contribution in [0, 0.1) is 0 Å². The number of hydrazine groups is 1. The van der Waals surface area contributed by atoms with Crippen molar-refractivity contribution in [2.75, 3.05) is 30.0 Å². The summed E-state index contributed by atoms with van der Waals surface area (Å²) >= 11 is 0. The second-order valence-corrected chi connectivity index (χ2v) is 5.15. The fourth-order valence-corrected chi connectivity index (χ4v) is 2.75. The van der Waals surface area contributed by atoms with E-state index >= 15 is 0 Å². The van der Waals surface area contributed by atoms with E-state index in [9.17, 15) is 0 Å². The van der Waals surface area contributed by atoms with E-state index in [1.807, 2.05) is 0 Å². The largest absolute Gasteiger partial charge is 0.376 e. The first-order chi connectivity index (χ1) is 9.38. The summed E-state index contributed by atoms with van der Waals surface area (Å²) in [6.07, 6.45) is 5.88. The minimum Gasteiger partial charge on any atom is -0.376 e. The normalized spacial score (nSPS) is 19.7. The van der Waals surface area contributed by atoms with Crippen molar-refractivity contribution in [2.24, 2.45) is 5.84 Å². The summed E-state index contributed by atoms with van der Waals surface area (Å²) in [5, 5.41) is 0. The zero-order valence-corrected chi connectivity index (χ0v) is 11.2. The molecule has 3 rings (SSSR count). The minimum absolute atomic E-state index is 0.551. The molecule has 0 radical (unpaired) electrons. The smallest absolute Gasteiger partial charge is 0.227 e. The van der Waals surface area contributed by atoms with Gasteiger partial charge < -0.3 is 15.1 Å². The molecule has 0 unspecified atom stereocenters. The van der Waals surface area contributed by atoms with E-state index < -0.39 is 0 Å². The fraction of sp³-hybridized carbons (Fsp3) is 0.692. The standard InChI is InChI=1S/C13H21N5O/c14-17-12-10-9-19-8-5-11(10)15-13(16-12)18-6-3-1-2-4-7-18/h1-9,14H2,(H,15,16,17). The number of hydrogen-bond acceptors (Lipinski definition) is 6. The number of nitrogens with zero attached hydrogens (tertiary/aromatic N) is 3. The van der Waals surface area contributed by atoms with Gasteiger partial charge in [0, 0.05) is 25.1 Å². The second kappa shape index (κ2) is 5.71. The predicted molar refractivity (Wildman–Crippen MR) is 73.9 cm³/mol. The Morgan fingerprint density at radius 2 is 1.89 bits per heavy atom. The van der Waals surface area contributed by atoms with Crippen molar-refractivity contribution in [3.63, 3.8) is 0 Å². The molecular formula is C13H21N5O. The Balaban J connectivity index is 1.92. The summed E-state index contributed by atoms with van der Waals surface area (Å²) in [5.74, 6) is 7.12. The van der Waals surface area contributed by atoms with Gasteiger partial charge in [-0.25, -0.2) is 10.8 Å². The van der Waals surface area contributed by atoms with Crippen LogP contribution in [-0.4, -0.2) is 29.7 Å². The quantitative estimate of drug-likeness (QED) is 0.617. The Labute approximate surface area is 113 Å². The molecule has 0 atom stereocenters. The molecule has 1 aromatic heterocycles. The average molecular weight is 263 g/mol. The van der Waals surface area contributed by atoms with Crippen molar-refractivity contribution in [1.29, 1.82) is 0 Å². The Morgan fingerprint density at radius 3 is 2.63 bits per heavy atom. The number of rotatable bonds is 2. The number of nitrogens with one attached hydrogen (secondary N) is 1. The molecular weight excluding hydrogens is 242 g/mol. The van der Waals surface area contributed by atoms with Crippen LogP contribution in [-0.2, 0) is 17.8 Å². The van der Waals surface area contributed by atoms with Gasteiger partial charge in [-0.1, -0.05) is 12.8 Å². The van der Waals surface area contributed by atoms with Crippen LogP contribution >= 0.6 is 0 Å². The summed E-state index contributed by atoms with van der Waals surface area (Å²) in [6, 6.07) is 0. The monoisotopic (exact) mass is 263 g/mol. The topological polar surface area (TPSA) is 76.3 Å². The van der Waals surface area contributed by atoms with Crippen LogP contribution in [0.25, 0.3) is 0 Å². The van der Waals surface area contributed by atoms with Crippen LogP contribution in [0.4, 0.5) is 11.8 Å².